The van der Waals surface area contributed by atoms with Gasteiger partial charge < -0.3 is 10.0 Å². The van der Waals surface area contributed by atoms with Gasteiger partial charge in [0.15, 0.2) is 0 Å². The fourth-order valence-electron chi connectivity index (χ4n) is 1.91. The molecule has 0 bridgehead atoms. The third-order valence-corrected chi connectivity index (χ3v) is 4.30. The van der Waals surface area contributed by atoms with Gasteiger partial charge in [0, 0.05) is 16.7 Å². The SMILES string of the molecule is Cc1cccc(C(=O)N2CCC(O)C2)c1I. The summed E-state index contributed by atoms with van der Waals surface area (Å²) in [5.41, 5.74) is 1.86. The summed E-state index contributed by atoms with van der Waals surface area (Å²) < 4.78 is 1.01. The number of amides is 1. The first-order valence-corrected chi connectivity index (χ1v) is 6.40. The summed E-state index contributed by atoms with van der Waals surface area (Å²) in [6, 6.07) is 5.75. The minimum Gasteiger partial charge on any atom is -0.391 e. The molecule has 0 radical (unpaired) electrons. The van der Waals surface area contributed by atoms with Crippen molar-refractivity contribution >= 4 is 28.5 Å². The van der Waals surface area contributed by atoms with Crippen LogP contribution in [-0.4, -0.2) is 35.1 Å². The van der Waals surface area contributed by atoms with Crippen molar-refractivity contribution in [2.24, 2.45) is 0 Å². The maximum absolute atomic E-state index is 12.2. The lowest BCUT2D eigenvalue weighted by atomic mass is 10.1. The zero-order chi connectivity index (χ0) is 11.7. The molecular formula is C12H14INO2. The van der Waals surface area contributed by atoms with Crippen molar-refractivity contribution in [3.63, 3.8) is 0 Å². The Kier molecular flexibility index (Phi) is 3.49. The van der Waals surface area contributed by atoms with Crippen molar-refractivity contribution in [1.82, 2.24) is 4.90 Å². The number of aryl methyl sites for hydroxylation is 1. The summed E-state index contributed by atoms with van der Waals surface area (Å²) in [5, 5.41) is 9.42. The van der Waals surface area contributed by atoms with E-state index in [1.807, 2.05) is 25.1 Å². The van der Waals surface area contributed by atoms with Crippen molar-refractivity contribution < 1.29 is 9.90 Å². The van der Waals surface area contributed by atoms with Crippen LogP contribution in [0, 0.1) is 10.5 Å². The number of aliphatic hydroxyl groups is 1. The van der Waals surface area contributed by atoms with Gasteiger partial charge in [-0.25, -0.2) is 0 Å². The van der Waals surface area contributed by atoms with Gasteiger partial charge in [-0.05, 0) is 47.6 Å². The molecular weight excluding hydrogens is 317 g/mol. The molecule has 3 nitrogen and oxygen atoms in total. The Morgan fingerprint density at radius 1 is 1.56 bits per heavy atom. The van der Waals surface area contributed by atoms with Gasteiger partial charge in [0.2, 0.25) is 0 Å². The standard InChI is InChI=1S/C12H14INO2/c1-8-3-2-4-10(11(8)13)12(16)14-6-5-9(15)7-14/h2-4,9,15H,5-7H2,1H3. The lowest BCUT2D eigenvalue weighted by molar-refractivity contribution is 0.0764. The molecule has 0 aliphatic carbocycles. The van der Waals surface area contributed by atoms with Gasteiger partial charge in [-0.15, -0.1) is 0 Å². The highest BCUT2D eigenvalue weighted by atomic mass is 127. The summed E-state index contributed by atoms with van der Waals surface area (Å²) in [7, 11) is 0. The number of carbonyl (C=O) groups excluding carboxylic acids is 1. The van der Waals surface area contributed by atoms with E-state index in [0.29, 0.717) is 19.5 Å². The van der Waals surface area contributed by atoms with Crippen LogP contribution in [0.2, 0.25) is 0 Å². The quantitative estimate of drug-likeness (QED) is 0.798. The molecule has 16 heavy (non-hydrogen) atoms. The molecule has 1 heterocycles. The molecule has 2 rings (SSSR count). The van der Waals surface area contributed by atoms with Gasteiger partial charge in [0.1, 0.15) is 0 Å². The second kappa shape index (κ2) is 4.71. The number of β-amino-alcohol motifs (C(OH)–C–C–N with tert-alkyl or cyclic N) is 1. The Bertz CT molecular complexity index is 419. The van der Waals surface area contributed by atoms with Crippen molar-refractivity contribution in [3.05, 3.63) is 32.9 Å². The average molecular weight is 331 g/mol. The number of hydrogen-bond donors (Lipinski definition) is 1. The molecule has 86 valence electrons. The van der Waals surface area contributed by atoms with Crippen LogP contribution in [0.25, 0.3) is 0 Å². The van der Waals surface area contributed by atoms with E-state index in [2.05, 4.69) is 22.6 Å². The minimum atomic E-state index is -0.355. The highest BCUT2D eigenvalue weighted by Gasteiger charge is 2.26. The first-order chi connectivity index (χ1) is 7.59. The Hall–Kier alpha value is -0.620. The van der Waals surface area contributed by atoms with E-state index < -0.39 is 0 Å². The Labute approximate surface area is 109 Å². The summed E-state index contributed by atoms with van der Waals surface area (Å²) in [6.07, 6.45) is 0.333. The summed E-state index contributed by atoms with van der Waals surface area (Å²) in [5.74, 6) is 0.0321. The minimum absolute atomic E-state index is 0.0321. The van der Waals surface area contributed by atoms with Crippen LogP contribution >= 0.6 is 22.6 Å². The molecule has 0 spiro atoms. The summed E-state index contributed by atoms with van der Waals surface area (Å²) in [4.78, 5) is 13.9. The topological polar surface area (TPSA) is 40.5 Å². The van der Waals surface area contributed by atoms with Gasteiger partial charge in [0.25, 0.3) is 5.91 Å². The van der Waals surface area contributed by atoms with E-state index in [0.717, 1.165) is 14.7 Å². The lowest BCUT2D eigenvalue weighted by Gasteiger charge is -2.17. The molecule has 0 saturated carbocycles. The van der Waals surface area contributed by atoms with Crippen LogP contribution < -0.4 is 0 Å². The molecule has 1 aliphatic heterocycles. The van der Waals surface area contributed by atoms with Crippen LogP contribution in [0.15, 0.2) is 18.2 Å². The number of likely N-dealkylation sites (tertiary alicyclic amines) is 1. The van der Waals surface area contributed by atoms with E-state index in [1.54, 1.807) is 4.90 Å². The first-order valence-electron chi connectivity index (χ1n) is 5.32. The van der Waals surface area contributed by atoms with Crippen molar-refractivity contribution in [2.75, 3.05) is 13.1 Å². The Balaban J connectivity index is 2.24. The third kappa shape index (κ3) is 2.22. The van der Waals surface area contributed by atoms with E-state index in [-0.39, 0.29) is 12.0 Å². The van der Waals surface area contributed by atoms with Crippen molar-refractivity contribution in [2.45, 2.75) is 19.4 Å². The fourth-order valence-corrected chi connectivity index (χ4v) is 2.50. The van der Waals surface area contributed by atoms with Crippen LogP contribution in [0.3, 0.4) is 0 Å². The normalized spacial score (nSPS) is 20.2. The third-order valence-electron chi connectivity index (χ3n) is 2.87. The average Bonchev–Trinajstić information content (AvgIpc) is 2.68. The number of hydrogen-bond acceptors (Lipinski definition) is 2. The second-order valence-corrected chi connectivity index (χ2v) is 5.21. The molecule has 1 saturated heterocycles. The molecule has 1 aromatic rings. The predicted molar refractivity (Wildman–Crippen MR) is 70.4 cm³/mol. The maximum Gasteiger partial charge on any atom is 0.255 e. The zero-order valence-electron chi connectivity index (χ0n) is 9.11. The second-order valence-electron chi connectivity index (χ2n) is 4.13. The number of nitrogens with zero attached hydrogens (tertiary/aromatic N) is 1. The molecule has 1 aliphatic rings. The first kappa shape index (κ1) is 11.9. The maximum atomic E-state index is 12.2. The van der Waals surface area contributed by atoms with Crippen LogP contribution in [0.5, 0.6) is 0 Å². The number of rotatable bonds is 1. The van der Waals surface area contributed by atoms with E-state index in [9.17, 15) is 9.90 Å². The highest BCUT2D eigenvalue weighted by molar-refractivity contribution is 14.1. The lowest BCUT2D eigenvalue weighted by Crippen LogP contribution is -2.30. The van der Waals surface area contributed by atoms with Gasteiger partial charge >= 0.3 is 0 Å². The number of halogens is 1. The summed E-state index contributed by atoms with van der Waals surface area (Å²) in [6.45, 7) is 3.12. The Morgan fingerprint density at radius 3 is 2.94 bits per heavy atom. The zero-order valence-corrected chi connectivity index (χ0v) is 11.3. The van der Waals surface area contributed by atoms with Crippen LogP contribution in [0.4, 0.5) is 0 Å². The number of benzene rings is 1. The Morgan fingerprint density at radius 2 is 2.31 bits per heavy atom. The number of carbonyl (C=O) groups is 1. The largest absolute Gasteiger partial charge is 0.391 e. The molecule has 4 heteroatoms. The molecule has 1 N–H and O–H groups in total. The van der Waals surface area contributed by atoms with Gasteiger partial charge in [-0.3, -0.25) is 4.79 Å². The molecule has 1 aromatic carbocycles. The van der Waals surface area contributed by atoms with E-state index >= 15 is 0 Å². The van der Waals surface area contributed by atoms with Gasteiger partial charge in [0.05, 0.1) is 11.7 Å². The van der Waals surface area contributed by atoms with E-state index in [4.69, 9.17) is 0 Å². The smallest absolute Gasteiger partial charge is 0.255 e. The molecule has 1 amide bonds. The van der Waals surface area contributed by atoms with Gasteiger partial charge in [-0.2, -0.15) is 0 Å². The molecule has 1 fully saturated rings. The van der Waals surface area contributed by atoms with Crippen molar-refractivity contribution in [3.8, 4) is 0 Å². The van der Waals surface area contributed by atoms with Gasteiger partial charge in [-0.1, -0.05) is 12.1 Å². The van der Waals surface area contributed by atoms with E-state index in [1.165, 1.54) is 0 Å². The predicted octanol–water partition coefficient (Wildman–Crippen LogP) is 1.81. The van der Waals surface area contributed by atoms with Crippen LogP contribution in [-0.2, 0) is 0 Å². The van der Waals surface area contributed by atoms with Crippen molar-refractivity contribution in [1.29, 1.82) is 0 Å². The molecule has 1 atom stereocenters. The number of aliphatic hydroxyl groups excluding tert-OH is 1. The fraction of sp³-hybridized carbons (Fsp3) is 0.417. The summed E-state index contributed by atoms with van der Waals surface area (Å²) >= 11 is 2.20. The highest BCUT2D eigenvalue weighted by Crippen LogP contribution is 2.20. The molecule has 0 aromatic heterocycles. The van der Waals surface area contributed by atoms with Crippen LogP contribution in [0.1, 0.15) is 22.3 Å². The monoisotopic (exact) mass is 331 g/mol. The molecule has 1 unspecified atom stereocenters.